The Balaban J connectivity index is 1.64. The van der Waals surface area contributed by atoms with Crippen molar-refractivity contribution in [1.29, 1.82) is 0 Å². The molecule has 0 fully saturated rings. The second kappa shape index (κ2) is 11.9. The summed E-state index contributed by atoms with van der Waals surface area (Å²) in [5.41, 5.74) is 4.34. The lowest BCUT2D eigenvalue weighted by molar-refractivity contribution is -0.113. The van der Waals surface area contributed by atoms with Crippen LogP contribution in [0, 0.1) is 6.92 Å². The minimum Gasteiger partial charge on any atom is -0.485 e. The predicted octanol–water partition coefficient (Wildman–Crippen LogP) is 6.33. The quantitative estimate of drug-likeness (QED) is 0.258. The number of aryl methyl sites for hydroxylation is 1. The molecule has 1 N–H and O–H groups in total. The van der Waals surface area contributed by atoms with Gasteiger partial charge in [0, 0.05) is 12.2 Å². The zero-order chi connectivity index (χ0) is 24.7. The maximum atomic E-state index is 12.5. The molecule has 2 aromatic carbocycles. The monoisotopic (exact) mass is 478 g/mol. The van der Waals surface area contributed by atoms with Gasteiger partial charge in [-0.15, -0.1) is 16.8 Å². The fraction of sp³-hybridized carbons (Fsp3) is 0.370. The third-order valence-electron chi connectivity index (χ3n) is 5.45. The summed E-state index contributed by atoms with van der Waals surface area (Å²) in [6.45, 7) is 15.3. The fourth-order valence-electron chi connectivity index (χ4n) is 3.51. The zero-order valence-corrected chi connectivity index (χ0v) is 21.5. The third-order valence-corrected chi connectivity index (χ3v) is 6.41. The standard InChI is InChI=1S/C27H34N4O2S/c1-7-14-31-25(16-33-24-15-20(6)8-13-23(24)19(4)5)29-30-27(31)34-17-26(32)28-22-11-9-21(10-12-22)18(2)3/h7-13,15,18-19H,1,14,16-17H2,2-6H3,(H,28,32). The summed E-state index contributed by atoms with van der Waals surface area (Å²) < 4.78 is 8.09. The summed E-state index contributed by atoms with van der Waals surface area (Å²) in [4.78, 5) is 12.5. The van der Waals surface area contributed by atoms with Crippen LogP contribution in [0.15, 0.2) is 60.3 Å². The number of nitrogens with zero attached hydrogens (tertiary/aromatic N) is 3. The van der Waals surface area contributed by atoms with Gasteiger partial charge in [-0.1, -0.05) is 69.8 Å². The van der Waals surface area contributed by atoms with Crippen molar-refractivity contribution in [2.24, 2.45) is 0 Å². The Morgan fingerprint density at radius 2 is 1.85 bits per heavy atom. The fourth-order valence-corrected chi connectivity index (χ4v) is 4.28. The topological polar surface area (TPSA) is 69.0 Å². The zero-order valence-electron chi connectivity index (χ0n) is 20.7. The highest BCUT2D eigenvalue weighted by Gasteiger charge is 2.16. The van der Waals surface area contributed by atoms with Gasteiger partial charge in [-0.05, 0) is 53.6 Å². The van der Waals surface area contributed by atoms with Crippen LogP contribution < -0.4 is 10.1 Å². The molecule has 0 saturated heterocycles. The van der Waals surface area contributed by atoms with E-state index >= 15 is 0 Å². The van der Waals surface area contributed by atoms with Crippen LogP contribution in [0.3, 0.4) is 0 Å². The van der Waals surface area contributed by atoms with Gasteiger partial charge >= 0.3 is 0 Å². The molecule has 0 aliphatic rings. The van der Waals surface area contributed by atoms with Crippen LogP contribution in [-0.2, 0) is 17.9 Å². The molecule has 3 aromatic rings. The molecule has 0 atom stereocenters. The lowest BCUT2D eigenvalue weighted by Gasteiger charge is -2.15. The number of aromatic nitrogens is 3. The first-order valence-corrected chi connectivity index (χ1v) is 12.6. The van der Waals surface area contributed by atoms with E-state index in [4.69, 9.17) is 4.74 Å². The van der Waals surface area contributed by atoms with Gasteiger partial charge in [0.1, 0.15) is 12.4 Å². The number of anilines is 1. The molecular formula is C27H34N4O2S. The van der Waals surface area contributed by atoms with Gasteiger partial charge < -0.3 is 10.1 Å². The second-order valence-electron chi connectivity index (χ2n) is 8.90. The molecule has 1 aromatic heterocycles. The van der Waals surface area contributed by atoms with Crippen LogP contribution in [0.4, 0.5) is 5.69 Å². The Morgan fingerprint density at radius 3 is 2.50 bits per heavy atom. The summed E-state index contributed by atoms with van der Waals surface area (Å²) in [5.74, 6) is 2.51. The summed E-state index contributed by atoms with van der Waals surface area (Å²) >= 11 is 1.35. The first-order chi connectivity index (χ1) is 16.3. The Kier molecular flexibility index (Phi) is 8.93. The van der Waals surface area contributed by atoms with Gasteiger partial charge in [-0.25, -0.2) is 0 Å². The summed E-state index contributed by atoms with van der Waals surface area (Å²) in [7, 11) is 0. The molecule has 1 amide bonds. The molecular weight excluding hydrogens is 444 g/mol. The molecule has 0 radical (unpaired) electrons. The molecule has 3 rings (SSSR count). The molecule has 7 heteroatoms. The summed E-state index contributed by atoms with van der Waals surface area (Å²) in [6.07, 6.45) is 1.79. The maximum absolute atomic E-state index is 12.5. The van der Waals surface area contributed by atoms with Crippen molar-refractivity contribution >= 4 is 23.4 Å². The van der Waals surface area contributed by atoms with E-state index in [1.54, 1.807) is 6.08 Å². The van der Waals surface area contributed by atoms with Gasteiger partial charge in [0.2, 0.25) is 5.91 Å². The van der Waals surface area contributed by atoms with Crippen LogP contribution in [0.25, 0.3) is 0 Å². The number of hydrogen-bond acceptors (Lipinski definition) is 5. The number of nitrogens with one attached hydrogen (secondary N) is 1. The molecule has 180 valence electrons. The normalized spacial score (nSPS) is 11.1. The Bertz CT molecular complexity index is 1120. The smallest absolute Gasteiger partial charge is 0.234 e. The van der Waals surface area contributed by atoms with Crippen molar-refractivity contribution in [3.05, 3.63) is 77.6 Å². The number of ether oxygens (including phenoxy) is 1. The van der Waals surface area contributed by atoms with Crippen LogP contribution in [0.5, 0.6) is 5.75 Å². The van der Waals surface area contributed by atoms with E-state index in [0.29, 0.717) is 36.0 Å². The van der Waals surface area contributed by atoms with Gasteiger partial charge in [0.25, 0.3) is 0 Å². The van der Waals surface area contributed by atoms with E-state index in [9.17, 15) is 4.79 Å². The average Bonchev–Trinajstić information content (AvgIpc) is 3.18. The molecule has 0 saturated carbocycles. The second-order valence-corrected chi connectivity index (χ2v) is 9.84. The highest BCUT2D eigenvalue weighted by atomic mass is 32.2. The van der Waals surface area contributed by atoms with Crippen molar-refractivity contribution in [3.63, 3.8) is 0 Å². The van der Waals surface area contributed by atoms with Crippen LogP contribution in [0.2, 0.25) is 0 Å². The van der Waals surface area contributed by atoms with Crippen molar-refractivity contribution in [2.75, 3.05) is 11.1 Å². The first-order valence-electron chi connectivity index (χ1n) is 11.6. The lowest BCUT2D eigenvalue weighted by atomic mass is 10.0. The van der Waals surface area contributed by atoms with E-state index in [1.807, 2.05) is 28.8 Å². The maximum Gasteiger partial charge on any atom is 0.234 e. The van der Waals surface area contributed by atoms with Gasteiger partial charge in [0.05, 0.1) is 5.75 Å². The number of carbonyl (C=O) groups is 1. The Labute approximate surface area is 206 Å². The van der Waals surface area contributed by atoms with Crippen LogP contribution >= 0.6 is 11.8 Å². The third kappa shape index (κ3) is 6.73. The van der Waals surface area contributed by atoms with E-state index in [-0.39, 0.29) is 11.7 Å². The number of amides is 1. The average molecular weight is 479 g/mol. The number of rotatable bonds is 11. The van der Waals surface area contributed by atoms with E-state index in [1.165, 1.54) is 17.3 Å². The highest BCUT2D eigenvalue weighted by Crippen LogP contribution is 2.28. The highest BCUT2D eigenvalue weighted by molar-refractivity contribution is 7.99. The van der Waals surface area contributed by atoms with Crippen LogP contribution in [-0.4, -0.2) is 26.4 Å². The van der Waals surface area contributed by atoms with E-state index < -0.39 is 0 Å². The predicted molar refractivity (Wildman–Crippen MR) is 140 cm³/mol. The van der Waals surface area contributed by atoms with E-state index in [2.05, 4.69) is 74.9 Å². The SMILES string of the molecule is C=CCn1c(COc2cc(C)ccc2C(C)C)nnc1SCC(=O)Nc1ccc(C(C)C)cc1. The summed E-state index contributed by atoms with van der Waals surface area (Å²) in [5, 5.41) is 12.2. The molecule has 0 aliphatic heterocycles. The number of hydrogen-bond donors (Lipinski definition) is 1. The van der Waals surface area contributed by atoms with Crippen molar-refractivity contribution in [2.45, 2.75) is 64.8 Å². The number of carbonyl (C=O) groups excluding carboxylic acids is 1. The Hall–Kier alpha value is -3.06. The number of allylic oxidation sites excluding steroid dienone is 1. The molecule has 0 spiro atoms. The van der Waals surface area contributed by atoms with Crippen molar-refractivity contribution in [1.82, 2.24) is 14.8 Å². The molecule has 0 bridgehead atoms. The largest absolute Gasteiger partial charge is 0.485 e. The first kappa shape index (κ1) is 25.6. The number of thioether (sulfide) groups is 1. The van der Waals surface area contributed by atoms with Crippen molar-refractivity contribution in [3.8, 4) is 5.75 Å². The van der Waals surface area contributed by atoms with Gasteiger partial charge in [-0.2, -0.15) is 0 Å². The van der Waals surface area contributed by atoms with Crippen molar-refractivity contribution < 1.29 is 9.53 Å². The van der Waals surface area contributed by atoms with Gasteiger partial charge in [-0.3, -0.25) is 9.36 Å². The molecule has 0 aliphatic carbocycles. The minimum absolute atomic E-state index is 0.0883. The van der Waals surface area contributed by atoms with Gasteiger partial charge in [0.15, 0.2) is 11.0 Å². The molecule has 1 heterocycles. The molecule has 6 nitrogen and oxygen atoms in total. The lowest BCUT2D eigenvalue weighted by Crippen LogP contribution is -2.15. The Morgan fingerprint density at radius 1 is 1.12 bits per heavy atom. The minimum atomic E-state index is -0.0883. The number of benzene rings is 2. The van der Waals surface area contributed by atoms with Crippen LogP contribution in [0.1, 0.15) is 62.0 Å². The molecule has 34 heavy (non-hydrogen) atoms. The van der Waals surface area contributed by atoms with E-state index in [0.717, 1.165) is 22.6 Å². The summed E-state index contributed by atoms with van der Waals surface area (Å²) in [6, 6.07) is 14.2. The molecule has 0 unspecified atom stereocenters.